The van der Waals surface area contributed by atoms with Crippen molar-refractivity contribution in [3.05, 3.63) is 101 Å². The van der Waals surface area contributed by atoms with Crippen molar-refractivity contribution in [1.29, 1.82) is 0 Å². The topological polar surface area (TPSA) is 75.6 Å². The summed E-state index contributed by atoms with van der Waals surface area (Å²) in [5.41, 5.74) is 2.57. The maximum absolute atomic E-state index is 12.2. The number of carbonyl (C=O) groups is 2. The van der Waals surface area contributed by atoms with Crippen molar-refractivity contribution in [3.63, 3.8) is 0 Å². The van der Waals surface area contributed by atoms with Gasteiger partial charge in [0.25, 0.3) is 5.91 Å². The van der Waals surface area contributed by atoms with Crippen LogP contribution in [0.1, 0.15) is 31.8 Å². The number of nitrogens with one attached hydrogen (secondary N) is 1. The SMILES string of the molecule is O=C(O)c1cccc(COc2ccc(C(=O)NCc3ccccc3)cc2)c1. The molecular formula is C22H19NO4. The van der Waals surface area contributed by atoms with E-state index < -0.39 is 5.97 Å². The molecule has 0 unspecified atom stereocenters. The second kappa shape index (κ2) is 8.67. The molecule has 27 heavy (non-hydrogen) atoms. The van der Waals surface area contributed by atoms with Gasteiger partial charge in [0.05, 0.1) is 5.56 Å². The molecule has 5 heteroatoms. The van der Waals surface area contributed by atoms with Crippen LogP contribution in [0.3, 0.4) is 0 Å². The van der Waals surface area contributed by atoms with Crippen molar-refractivity contribution < 1.29 is 19.4 Å². The minimum atomic E-state index is -0.970. The molecule has 0 fully saturated rings. The standard InChI is InChI=1S/C22H19NO4/c24-21(23-14-16-5-2-1-3-6-16)18-9-11-20(12-10-18)27-15-17-7-4-8-19(13-17)22(25)26/h1-13H,14-15H2,(H,23,24)(H,25,26). The van der Waals surface area contributed by atoms with Gasteiger partial charge in [0, 0.05) is 12.1 Å². The fourth-order valence-corrected chi connectivity index (χ4v) is 2.54. The number of benzene rings is 3. The summed E-state index contributed by atoms with van der Waals surface area (Å²) < 4.78 is 5.67. The third-order valence-electron chi connectivity index (χ3n) is 3.99. The Morgan fingerprint density at radius 3 is 2.22 bits per heavy atom. The van der Waals surface area contributed by atoms with Crippen LogP contribution >= 0.6 is 0 Å². The monoisotopic (exact) mass is 361 g/mol. The maximum Gasteiger partial charge on any atom is 0.335 e. The highest BCUT2D eigenvalue weighted by Crippen LogP contribution is 2.15. The molecule has 3 rings (SSSR count). The zero-order valence-corrected chi connectivity index (χ0v) is 14.6. The zero-order chi connectivity index (χ0) is 19.1. The molecule has 5 nitrogen and oxygen atoms in total. The molecule has 0 saturated carbocycles. The summed E-state index contributed by atoms with van der Waals surface area (Å²) >= 11 is 0. The van der Waals surface area contributed by atoms with Gasteiger partial charge in [0.15, 0.2) is 0 Å². The number of rotatable bonds is 7. The van der Waals surface area contributed by atoms with E-state index in [9.17, 15) is 9.59 Å². The Labute approximate surface area is 157 Å². The van der Waals surface area contributed by atoms with Crippen molar-refractivity contribution in [2.75, 3.05) is 0 Å². The number of hydrogen-bond donors (Lipinski definition) is 2. The predicted molar refractivity (Wildman–Crippen MR) is 102 cm³/mol. The molecule has 0 radical (unpaired) electrons. The van der Waals surface area contributed by atoms with E-state index in [0.717, 1.165) is 11.1 Å². The van der Waals surface area contributed by atoms with Crippen molar-refractivity contribution in [2.24, 2.45) is 0 Å². The molecule has 0 aliphatic rings. The number of hydrogen-bond acceptors (Lipinski definition) is 3. The molecule has 0 heterocycles. The third-order valence-corrected chi connectivity index (χ3v) is 3.99. The van der Waals surface area contributed by atoms with Gasteiger partial charge < -0.3 is 15.2 Å². The van der Waals surface area contributed by atoms with Gasteiger partial charge in [-0.2, -0.15) is 0 Å². The predicted octanol–water partition coefficient (Wildman–Crippen LogP) is 3.89. The van der Waals surface area contributed by atoms with E-state index in [1.165, 1.54) is 6.07 Å². The first-order valence-corrected chi connectivity index (χ1v) is 8.49. The van der Waals surface area contributed by atoms with Gasteiger partial charge in [0.1, 0.15) is 12.4 Å². The van der Waals surface area contributed by atoms with E-state index in [1.807, 2.05) is 30.3 Å². The fourth-order valence-electron chi connectivity index (χ4n) is 2.54. The quantitative estimate of drug-likeness (QED) is 0.669. The average molecular weight is 361 g/mol. The highest BCUT2D eigenvalue weighted by molar-refractivity contribution is 5.94. The Balaban J connectivity index is 1.54. The first-order chi connectivity index (χ1) is 13.1. The number of aromatic carboxylic acids is 1. The van der Waals surface area contributed by atoms with Gasteiger partial charge in [-0.25, -0.2) is 4.79 Å². The lowest BCUT2D eigenvalue weighted by atomic mass is 10.1. The van der Waals surface area contributed by atoms with Gasteiger partial charge >= 0.3 is 5.97 Å². The molecule has 3 aromatic carbocycles. The minimum Gasteiger partial charge on any atom is -0.489 e. The smallest absolute Gasteiger partial charge is 0.335 e. The first kappa shape index (κ1) is 18.2. The van der Waals surface area contributed by atoms with E-state index in [-0.39, 0.29) is 18.1 Å². The van der Waals surface area contributed by atoms with E-state index in [4.69, 9.17) is 9.84 Å². The summed E-state index contributed by atoms with van der Waals surface area (Å²) in [4.78, 5) is 23.2. The molecular weight excluding hydrogens is 342 g/mol. The van der Waals surface area contributed by atoms with E-state index in [2.05, 4.69) is 5.32 Å². The number of carboxylic acid groups (broad SMARTS) is 1. The van der Waals surface area contributed by atoms with Gasteiger partial charge in [-0.05, 0) is 47.5 Å². The molecule has 0 aliphatic heterocycles. The lowest BCUT2D eigenvalue weighted by Crippen LogP contribution is -2.22. The lowest BCUT2D eigenvalue weighted by Gasteiger charge is -2.09. The van der Waals surface area contributed by atoms with Gasteiger partial charge in [-0.3, -0.25) is 4.79 Å². The lowest BCUT2D eigenvalue weighted by molar-refractivity contribution is 0.0696. The van der Waals surface area contributed by atoms with E-state index in [0.29, 0.717) is 17.9 Å². The van der Waals surface area contributed by atoms with Crippen LogP contribution in [0.25, 0.3) is 0 Å². The normalized spacial score (nSPS) is 10.2. The van der Waals surface area contributed by atoms with Crippen molar-refractivity contribution >= 4 is 11.9 Å². The average Bonchev–Trinajstić information content (AvgIpc) is 2.72. The molecule has 0 saturated heterocycles. The van der Waals surface area contributed by atoms with Gasteiger partial charge in [-0.1, -0.05) is 42.5 Å². The van der Waals surface area contributed by atoms with Crippen molar-refractivity contribution in [3.8, 4) is 5.75 Å². The molecule has 0 spiro atoms. The number of carboxylic acids is 1. The Bertz CT molecular complexity index is 921. The Kier molecular flexibility index (Phi) is 5.84. The molecule has 3 aromatic rings. The van der Waals surface area contributed by atoms with E-state index in [1.54, 1.807) is 42.5 Å². The molecule has 1 amide bonds. The van der Waals surface area contributed by atoms with Crippen molar-refractivity contribution in [1.82, 2.24) is 5.32 Å². The molecule has 136 valence electrons. The zero-order valence-electron chi connectivity index (χ0n) is 14.6. The van der Waals surface area contributed by atoms with Crippen molar-refractivity contribution in [2.45, 2.75) is 13.2 Å². The van der Waals surface area contributed by atoms with Gasteiger partial charge in [0.2, 0.25) is 0 Å². The van der Waals surface area contributed by atoms with Crippen LogP contribution in [-0.4, -0.2) is 17.0 Å². The fraction of sp³-hybridized carbons (Fsp3) is 0.0909. The summed E-state index contributed by atoms with van der Waals surface area (Å²) in [5.74, 6) is -0.516. The van der Waals surface area contributed by atoms with Crippen LogP contribution in [0.5, 0.6) is 5.75 Å². The second-order valence-corrected chi connectivity index (χ2v) is 5.99. The van der Waals surface area contributed by atoms with Crippen LogP contribution < -0.4 is 10.1 Å². The Morgan fingerprint density at radius 2 is 1.52 bits per heavy atom. The van der Waals surface area contributed by atoms with Crippen LogP contribution in [0, 0.1) is 0 Å². The summed E-state index contributed by atoms with van der Waals surface area (Å²) in [6.07, 6.45) is 0. The Morgan fingerprint density at radius 1 is 0.815 bits per heavy atom. The second-order valence-electron chi connectivity index (χ2n) is 5.99. The summed E-state index contributed by atoms with van der Waals surface area (Å²) in [6, 6.07) is 23.1. The van der Waals surface area contributed by atoms with Crippen LogP contribution in [0.2, 0.25) is 0 Å². The number of carbonyl (C=O) groups excluding carboxylic acids is 1. The molecule has 0 atom stereocenters. The van der Waals surface area contributed by atoms with Gasteiger partial charge in [-0.15, -0.1) is 0 Å². The minimum absolute atomic E-state index is 0.153. The largest absolute Gasteiger partial charge is 0.489 e. The number of ether oxygens (including phenoxy) is 1. The summed E-state index contributed by atoms with van der Waals surface area (Å²) in [6.45, 7) is 0.721. The first-order valence-electron chi connectivity index (χ1n) is 8.49. The Hall–Kier alpha value is -3.60. The molecule has 0 aliphatic carbocycles. The van der Waals surface area contributed by atoms with Crippen LogP contribution in [0.4, 0.5) is 0 Å². The van der Waals surface area contributed by atoms with Crippen LogP contribution in [-0.2, 0) is 13.2 Å². The molecule has 2 N–H and O–H groups in total. The number of amides is 1. The summed E-state index contributed by atoms with van der Waals surface area (Å²) in [5, 5.41) is 11.9. The molecule has 0 bridgehead atoms. The van der Waals surface area contributed by atoms with Crippen LogP contribution in [0.15, 0.2) is 78.9 Å². The highest BCUT2D eigenvalue weighted by Gasteiger charge is 2.07. The maximum atomic E-state index is 12.2. The highest BCUT2D eigenvalue weighted by atomic mass is 16.5. The molecule has 0 aromatic heterocycles. The van der Waals surface area contributed by atoms with E-state index >= 15 is 0 Å². The third kappa shape index (κ3) is 5.19. The summed E-state index contributed by atoms with van der Waals surface area (Å²) in [7, 11) is 0.